The average Bonchev–Trinajstić information content (AvgIpc) is 2.99. The molecule has 2 rings (SSSR count). The van der Waals surface area contributed by atoms with Gasteiger partial charge in [-0.25, -0.2) is 0 Å². The molecule has 0 aromatic heterocycles. The second-order valence-corrected chi connectivity index (χ2v) is 6.98. The van der Waals surface area contributed by atoms with Gasteiger partial charge in [-0.3, -0.25) is 14.5 Å². The van der Waals surface area contributed by atoms with Gasteiger partial charge in [-0.1, -0.05) is 19.3 Å². The lowest BCUT2D eigenvalue weighted by atomic mass is 9.85. The zero-order valence-corrected chi connectivity index (χ0v) is 13.8. The van der Waals surface area contributed by atoms with E-state index < -0.39 is 24.0 Å². The first-order valence-electron chi connectivity index (χ1n) is 8.64. The second-order valence-electron chi connectivity index (χ2n) is 6.98. The van der Waals surface area contributed by atoms with Crippen molar-refractivity contribution < 1.29 is 22.8 Å². The van der Waals surface area contributed by atoms with Gasteiger partial charge in [-0.2, -0.15) is 13.2 Å². The van der Waals surface area contributed by atoms with Gasteiger partial charge < -0.3 is 11.1 Å². The normalized spacial score (nSPS) is 25.8. The van der Waals surface area contributed by atoms with Crippen LogP contribution in [0.25, 0.3) is 0 Å². The Balaban J connectivity index is 1.86. The minimum absolute atomic E-state index is 0.00787. The Morgan fingerprint density at radius 1 is 1.04 bits per heavy atom. The van der Waals surface area contributed by atoms with Gasteiger partial charge in [-0.05, 0) is 32.1 Å². The number of nitrogens with one attached hydrogen (secondary N) is 1. The van der Waals surface area contributed by atoms with Gasteiger partial charge in [0, 0.05) is 12.1 Å². The summed E-state index contributed by atoms with van der Waals surface area (Å²) in [6, 6.07) is -0.297. The maximum atomic E-state index is 12.8. The molecule has 2 fully saturated rings. The van der Waals surface area contributed by atoms with E-state index in [1.807, 2.05) is 0 Å². The molecular formula is C16H26F3N3O2. The van der Waals surface area contributed by atoms with Gasteiger partial charge in [0.05, 0.1) is 19.0 Å². The van der Waals surface area contributed by atoms with Crippen LogP contribution in [0.15, 0.2) is 0 Å². The van der Waals surface area contributed by atoms with Crippen molar-refractivity contribution in [3.8, 4) is 0 Å². The lowest BCUT2D eigenvalue weighted by molar-refractivity contribution is -0.184. The number of hydrogen-bond acceptors (Lipinski definition) is 3. The third kappa shape index (κ3) is 5.65. The maximum absolute atomic E-state index is 12.8. The Bertz CT molecular complexity index is 450. The molecule has 0 unspecified atom stereocenters. The van der Waals surface area contributed by atoms with Crippen molar-refractivity contribution in [3.63, 3.8) is 0 Å². The minimum Gasteiger partial charge on any atom is -0.369 e. The Morgan fingerprint density at radius 2 is 1.71 bits per heavy atom. The molecule has 0 bridgehead atoms. The largest absolute Gasteiger partial charge is 0.391 e. The molecule has 2 amide bonds. The van der Waals surface area contributed by atoms with Gasteiger partial charge in [0.1, 0.15) is 0 Å². The van der Waals surface area contributed by atoms with E-state index in [2.05, 4.69) is 5.32 Å². The molecule has 0 saturated heterocycles. The third-order valence-electron chi connectivity index (χ3n) is 5.05. The number of alkyl halides is 3. The minimum atomic E-state index is -4.20. The Morgan fingerprint density at radius 3 is 2.29 bits per heavy atom. The fourth-order valence-electron chi connectivity index (χ4n) is 3.86. The average molecular weight is 349 g/mol. The standard InChI is InChI=1S/C16H26F3N3O2/c17-16(18,19)11-4-3-5-12(8-11)21-15(24)10-22(9-14(20)23)13-6-1-2-7-13/h11-13H,1-10H2,(H2,20,23)(H,21,24)/t11-,12-/m0/s1. The van der Waals surface area contributed by atoms with Crippen LogP contribution in [0.1, 0.15) is 51.4 Å². The number of halogens is 3. The summed E-state index contributed by atoms with van der Waals surface area (Å²) < 4.78 is 38.5. The molecule has 2 atom stereocenters. The van der Waals surface area contributed by atoms with Crippen molar-refractivity contribution in [2.24, 2.45) is 11.7 Å². The number of nitrogens with zero attached hydrogens (tertiary/aromatic N) is 1. The lowest BCUT2D eigenvalue weighted by Crippen LogP contribution is -2.49. The molecule has 138 valence electrons. The molecule has 0 aromatic rings. The fourth-order valence-corrected chi connectivity index (χ4v) is 3.86. The molecule has 3 N–H and O–H groups in total. The molecule has 0 aromatic carbocycles. The third-order valence-corrected chi connectivity index (χ3v) is 5.05. The van der Waals surface area contributed by atoms with E-state index in [0.717, 1.165) is 25.7 Å². The van der Waals surface area contributed by atoms with Gasteiger partial charge in [0.2, 0.25) is 11.8 Å². The van der Waals surface area contributed by atoms with Gasteiger partial charge in [0.15, 0.2) is 0 Å². The number of carbonyl (C=O) groups excluding carboxylic acids is 2. The molecule has 0 heterocycles. The summed E-state index contributed by atoms with van der Waals surface area (Å²) in [4.78, 5) is 25.2. The van der Waals surface area contributed by atoms with Crippen LogP contribution in [-0.2, 0) is 9.59 Å². The zero-order chi connectivity index (χ0) is 17.7. The molecule has 8 heteroatoms. The van der Waals surface area contributed by atoms with Crippen molar-refractivity contribution in [1.29, 1.82) is 0 Å². The Labute approximate surface area is 140 Å². The van der Waals surface area contributed by atoms with E-state index in [9.17, 15) is 22.8 Å². The fraction of sp³-hybridized carbons (Fsp3) is 0.875. The Kier molecular flexibility index (Phi) is 6.48. The number of carbonyl (C=O) groups is 2. The highest BCUT2D eigenvalue weighted by molar-refractivity contribution is 5.80. The van der Waals surface area contributed by atoms with E-state index in [1.165, 1.54) is 0 Å². The topological polar surface area (TPSA) is 75.4 Å². The predicted octanol–water partition coefficient (Wildman–Crippen LogP) is 1.95. The quantitative estimate of drug-likeness (QED) is 0.770. The number of amides is 2. The monoisotopic (exact) mass is 349 g/mol. The van der Waals surface area contributed by atoms with Crippen molar-refractivity contribution in [2.45, 2.75) is 69.6 Å². The summed E-state index contributed by atoms with van der Waals surface area (Å²) in [6.07, 6.45) is 0.834. The van der Waals surface area contributed by atoms with Crippen LogP contribution >= 0.6 is 0 Å². The van der Waals surface area contributed by atoms with E-state index in [0.29, 0.717) is 12.8 Å². The number of hydrogen-bond donors (Lipinski definition) is 2. The summed E-state index contributed by atoms with van der Waals surface area (Å²) in [6.45, 7) is 0.0225. The molecule has 0 aliphatic heterocycles. The number of nitrogens with two attached hydrogens (primary N) is 1. The summed E-state index contributed by atoms with van der Waals surface area (Å²) in [7, 11) is 0. The van der Waals surface area contributed by atoms with Gasteiger partial charge in [-0.15, -0.1) is 0 Å². The maximum Gasteiger partial charge on any atom is 0.391 e. The van der Waals surface area contributed by atoms with Crippen LogP contribution < -0.4 is 11.1 Å². The number of rotatable bonds is 6. The second kappa shape index (κ2) is 8.18. The smallest absolute Gasteiger partial charge is 0.369 e. The van der Waals surface area contributed by atoms with Crippen LogP contribution in [0.3, 0.4) is 0 Å². The highest BCUT2D eigenvalue weighted by atomic mass is 19.4. The zero-order valence-electron chi connectivity index (χ0n) is 13.8. The van der Waals surface area contributed by atoms with Crippen LogP contribution in [-0.4, -0.2) is 48.1 Å². The predicted molar refractivity (Wildman–Crippen MR) is 83.0 cm³/mol. The first-order chi connectivity index (χ1) is 11.3. The van der Waals surface area contributed by atoms with E-state index >= 15 is 0 Å². The molecule has 2 aliphatic rings. The van der Waals surface area contributed by atoms with Crippen LogP contribution in [0.5, 0.6) is 0 Å². The molecule has 2 saturated carbocycles. The highest BCUT2D eigenvalue weighted by Crippen LogP contribution is 2.37. The van der Waals surface area contributed by atoms with E-state index in [1.54, 1.807) is 4.90 Å². The van der Waals surface area contributed by atoms with Crippen molar-refractivity contribution in [2.75, 3.05) is 13.1 Å². The van der Waals surface area contributed by atoms with Crippen LogP contribution in [0.2, 0.25) is 0 Å². The molecule has 2 aliphatic carbocycles. The molecule has 5 nitrogen and oxygen atoms in total. The van der Waals surface area contributed by atoms with Crippen molar-refractivity contribution >= 4 is 11.8 Å². The first kappa shape index (κ1) is 19.0. The summed E-state index contributed by atoms with van der Waals surface area (Å²) >= 11 is 0. The summed E-state index contributed by atoms with van der Waals surface area (Å²) in [5.41, 5.74) is 5.25. The first-order valence-corrected chi connectivity index (χ1v) is 8.64. The van der Waals surface area contributed by atoms with Crippen LogP contribution in [0, 0.1) is 5.92 Å². The summed E-state index contributed by atoms with van der Waals surface area (Å²) in [5, 5.41) is 2.72. The molecular weight excluding hydrogens is 323 g/mol. The lowest BCUT2D eigenvalue weighted by Gasteiger charge is -2.32. The number of primary amides is 1. The van der Waals surface area contributed by atoms with Crippen LogP contribution in [0.4, 0.5) is 13.2 Å². The molecule has 24 heavy (non-hydrogen) atoms. The Hall–Kier alpha value is -1.31. The van der Waals surface area contributed by atoms with Gasteiger partial charge in [0.25, 0.3) is 0 Å². The highest BCUT2D eigenvalue weighted by Gasteiger charge is 2.42. The van der Waals surface area contributed by atoms with Crippen molar-refractivity contribution in [3.05, 3.63) is 0 Å². The van der Waals surface area contributed by atoms with E-state index in [-0.39, 0.29) is 37.9 Å². The van der Waals surface area contributed by atoms with Gasteiger partial charge >= 0.3 is 6.18 Å². The van der Waals surface area contributed by atoms with Crippen molar-refractivity contribution in [1.82, 2.24) is 10.2 Å². The molecule has 0 spiro atoms. The SMILES string of the molecule is NC(=O)CN(CC(=O)N[C@H]1CCC[C@H](C(F)(F)F)C1)C1CCCC1. The molecule has 0 radical (unpaired) electrons. The van der Waals surface area contributed by atoms with E-state index in [4.69, 9.17) is 5.73 Å². The summed E-state index contributed by atoms with van der Waals surface area (Å²) in [5.74, 6) is -2.16.